The smallest absolute Gasteiger partial charge is 0.239 e. The highest BCUT2D eigenvalue weighted by atomic mass is 35.5. The van der Waals surface area contributed by atoms with Crippen LogP contribution < -0.4 is 10.5 Å². The first-order valence-corrected chi connectivity index (χ1v) is 6.96. The number of halogens is 1. The van der Waals surface area contributed by atoms with E-state index in [-0.39, 0.29) is 30.5 Å². The Morgan fingerprint density at radius 1 is 1.35 bits per heavy atom. The lowest BCUT2D eigenvalue weighted by Crippen LogP contribution is -2.48. The van der Waals surface area contributed by atoms with E-state index in [0.29, 0.717) is 6.42 Å². The number of piperidine rings is 1. The molecule has 0 spiro atoms. The number of nitrogens with zero attached hydrogens (tertiary/aromatic N) is 1. The molecule has 0 bridgehead atoms. The van der Waals surface area contributed by atoms with Crippen LogP contribution in [0, 0.1) is 0 Å². The summed E-state index contributed by atoms with van der Waals surface area (Å²) in [6, 6.07) is 9.48. The van der Waals surface area contributed by atoms with Gasteiger partial charge in [-0.25, -0.2) is 0 Å². The second kappa shape index (κ2) is 8.12. The normalized spacial score (nSPS) is 17.2. The number of benzene rings is 1. The molecular weight excluding hydrogens is 276 g/mol. The van der Waals surface area contributed by atoms with Gasteiger partial charge in [-0.15, -0.1) is 12.4 Å². The molecule has 0 aromatic heterocycles. The van der Waals surface area contributed by atoms with E-state index in [2.05, 4.69) is 0 Å². The van der Waals surface area contributed by atoms with Crippen molar-refractivity contribution >= 4 is 18.3 Å². The maximum Gasteiger partial charge on any atom is 0.239 e. The monoisotopic (exact) mass is 298 g/mol. The predicted octanol–water partition coefficient (Wildman–Crippen LogP) is 2.22. The molecule has 1 aliphatic rings. The summed E-state index contributed by atoms with van der Waals surface area (Å²) in [7, 11) is 0. The van der Waals surface area contributed by atoms with Crippen molar-refractivity contribution in [2.75, 3.05) is 13.1 Å². The SMILES string of the molecule is CC[C@H](N)C(=O)N1CCC(Oc2ccccc2)CC1.Cl. The van der Waals surface area contributed by atoms with Crippen LogP contribution in [0.3, 0.4) is 0 Å². The average molecular weight is 299 g/mol. The summed E-state index contributed by atoms with van der Waals surface area (Å²) in [5, 5.41) is 0. The third kappa shape index (κ3) is 4.39. The van der Waals surface area contributed by atoms with Crippen LogP contribution in [0.15, 0.2) is 30.3 Å². The Kier molecular flexibility index (Phi) is 6.82. The highest BCUT2D eigenvalue weighted by Gasteiger charge is 2.26. The van der Waals surface area contributed by atoms with Crippen LogP contribution in [-0.2, 0) is 4.79 Å². The summed E-state index contributed by atoms with van der Waals surface area (Å²) in [6.07, 6.45) is 2.64. The zero-order valence-corrected chi connectivity index (χ0v) is 12.6. The molecule has 5 heteroatoms. The van der Waals surface area contributed by atoms with Gasteiger partial charge in [-0.2, -0.15) is 0 Å². The summed E-state index contributed by atoms with van der Waals surface area (Å²) < 4.78 is 5.90. The van der Waals surface area contributed by atoms with Crippen LogP contribution in [0.25, 0.3) is 0 Å². The zero-order valence-electron chi connectivity index (χ0n) is 11.8. The van der Waals surface area contributed by atoms with E-state index in [9.17, 15) is 4.79 Å². The first-order valence-electron chi connectivity index (χ1n) is 6.96. The van der Waals surface area contributed by atoms with Crippen molar-refractivity contribution in [3.63, 3.8) is 0 Å². The Balaban J connectivity index is 0.00000200. The van der Waals surface area contributed by atoms with E-state index in [1.54, 1.807) is 0 Å². The molecule has 1 aliphatic heterocycles. The number of carbonyl (C=O) groups excluding carboxylic acids is 1. The van der Waals surface area contributed by atoms with E-state index in [0.717, 1.165) is 31.7 Å². The van der Waals surface area contributed by atoms with Gasteiger partial charge in [0.2, 0.25) is 5.91 Å². The lowest BCUT2D eigenvalue weighted by molar-refractivity contribution is -0.134. The van der Waals surface area contributed by atoms with E-state index in [1.165, 1.54) is 0 Å². The van der Waals surface area contributed by atoms with Crippen LogP contribution >= 0.6 is 12.4 Å². The molecule has 1 fully saturated rings. The van der Waals surface area contributed by atoms with Crippen LogP contribution in [0.2, 0.25) is 0 Å². The maximum atomic E-state index is 12.0. The van der Waals surface area contributed by atoms with Crippen molar-refractivity contribution in [3.05, 3.63) is 30.3 Å². The molecule has 0 radical (unpaired) electrons. The topological polar surface area (TPSA) is 55.6 Å². The lowest BCUT2D eigenvalue weighted by atomic mass is 10.1. The van der Waals surface area contributed by atoms with Crippen LogP contribution in [0.5, 0.6) is 5.75 Å². The second-order valence-corrected chi connectivity index (χ2v) is 4.97. The Hall–Kier alpha value is -1.26. The van der Waals surface area contributed by atoms with Crippen molar-refractivity contribution in [3.8, 4) is 5.75 Å². The molecule has 112 valence electrons. The summed E-state index contributed by atoms with van der Waals surface area (Å²) in [5.74, 6) is 0.971. The quantitative estimate of drug-likeness (QED) is 0.927. The lowest BCUT2D eigenvalue weighted by Gasteiger charge is -2.33. The summed E-state index contributed by atoms with van der Waals surface area (Å²) in [5.41, 5.74) is 5.78. The number of ether oxygens (including phenoxy) is 1. The highest BCUT2D eigenvalue weighted by Crippen LogP contribution is 2.19. The average Bonchev–Trinajstić information content (AvgIpc) is 2.47. The number of para-hydroxylation sites is 1. The Bertz CT molecular complexity index is 406. The highest BCUT2D eigenvalue weighted by molar-refractivity contribution is 5.85. The molecule has 1 amide bonds. The van der Waals surface area contributed by atoms with Gasteiger partial charge in [-0.05, 0) is 18.6 Å². The molecule has 1 saturated heterocycles. The van der Waals surface area contributed by atoms with E-state index < -0.39 is 0 Å². The largest absolute Gasteiger partial charge is 0.490 e. The molecule has 2 rings (SSSR count). The molecular formula is C15H23ClN2O2. The van der Waals surface area contributed by atoms with Crippen molar-refractivity contribution < 1.29 is 9.53 Å². The van der Waals surface area contributed by atoms with Gasteiger partial charge < -0.3 is 15.4 Å². The number of rotatable bonds is 4. The molecule has 20 heavy (non-hydrogen) atoms. The fourth-order valence-corrected chi connectivity index (χ4v) is 2.29. The first-order chi connectivity index (χ1) is 9.20. The van der Waals surface area contributed by atoms with Gasteiger partial charge >= 0.3 is 0 Å². The first kappa shape index (κ1) is 16.8. The van der Waals surface area contributed by atoms with Gasteiger partial charge in [-0.1, -0.05) is 25.1 Å². The Morgan fingerprint density at radius 2 is 1.95 bits per heavy atom. The predicted molar refractivity (Wildman–Crippen MR) is 82.2 cm³/mol. The molecule has 1 heterocycles. The molecule has 0 saturated carbocycles. The minimum Gasteiger partial charge on any atom is -0.490 e. The molecule has 1 atom stereocenters. The third-order valence-electron chi connectivity index (χ3n) is 3.56. The summed E-state index contributed by atoms with van der Waals surface area (Å²) >= 11 is 0. The van der Waals surface area contributed by atoms with Gasteiger partial charge in [0.05, 0.1) is 6.04 Å². The van der Waals surface area contributed by atoms with Gasteiger partial charge in [0.1, 0.15) is 11.9 Å². The van der Waals surface area contributed by atoms with Gasteiger partial charge in [0.15, 0.2) is 0 Å². The Morgan fingerprint density at radius 3 is 2.50 bits per heavy atom. The van der Waals surface area contributed by atoms with Crippen molar-refractivity contribution in [1.82, 2.24) is 4.90 Å². The molecule has 0 unspecified atom stereocenters. The number of carbonyl (C=O) groups is 1. The summed E-state index contributed by atoms with van der Waals surface area (Å²) in [4.78, 5) is 13.8. The maximum absolute atomic E-state index is 12.0. The van der Waals surface area contributed by atoms with Gasteiger partial charge in [0.25, 0.3) is 0 Å². The van der Waals surface area contributed by atoms with E-state index >= 15 is 0 Å². The fourth-order valence-electron chi connectivity index (χ4n) is 2.29. The van der Waals surface area contributed by atoms with Gasteiger partial charge in [0, 0.05) is 25.9 Å². The summed E-state index contributed by atoms with van der Waals surface area (Å²) in [6.45, 7) is 3.42. The fraction of sp³-hybridized carbons (Fsp3) is 0.533. The van der Waals surface area contributed by atoms with Crippen LogP contribution in [0.4, 0.5) is 0 Å². The van der Waals surface area contributed by atoms with Crippen molar-refractivity contribution in [1.29, 1.82) is 0 Å². The second-order valence-electron chi connectivity index (χ2n) is 4.97. The number of amides is 1. The number of nitrogens with two attached hydrogens (primary N) is 1. The molecule has 4 nitrogen and oxygen atoms in total. The van der Waals surface area contributed by atoms with E-state index in [4.69, 9.17) is 10.5 Å². The Labute approximate surface area is 126 Å². The molecule has 2 N–H and O–H groups in total. The van der Waals surface area contributed by atoms with Crippen molar-refractivity contribution in [2.24, 2.45) is 5.73 Å². The molecule has 1 aromatic carbocycles. The standard InChI is InChI=1S/C15H22N2O2.ClH/c1-2-14(16)15(18)17-10-8-13(9-11-17)19-12-6-4-3-5-7-12;/h3-7,13-14H,2,8-11,16H2,1H3;1H/t14-;/m0./s1. The molecule has 1 aromatic rings. The number of hydrogen-bond acceptors (Lipinski definition) is 3. The van der Waals surface area contributed by atoms with Gasteiger partial charge in [-0.3, -0.25) is 4.79 Å². The van der Waals surface area contributed by atoms with Crippen LogP contribution in [-0.4, -0.2) is 36.0 Å². The molecule has 0 aliphatic carbocycles. The zero-order chi connectivity index (χ0) is 13.7. The number of hydrogen-bond donors (Lipinski definition) is 1. The minimum atomic E-state index is -0.355. The van der Waals surface area contributed by atoms with Crippen LogP contribution in [0.1, 0.15) is 26.2 Å². The third-order valence-corrected chi connectivity index (χ3v) is 3.56. The number of likely N-dealkylation sites (tertiary alicyclic amines) is 1. The minimum absolute atomic E-state index is 0. The van der Waals surface area contributed by atoms with Crippen molar-refractivity contribution in [2.45, 2.75) is 38.3 Å². The van der Waals surface area contributed by atoms with E-state index in [1.807, 2.05) is 42.2 Å².